The molecule has 1 heteroatoms. The number of aliphatic imine (C=N–C) groups is 1. The van der Waals surface area contributed by atoms with Crippen LogP contribution in [0.4, 0.5) is 0 Å². The highest BCUT2D eigenvalue weighted by Crippen LogP contribution is 2.20. The number of nitrogens with zero attached hydrogens (tertiary/aromatic N) is 1. The number of rotatable bonds is 2. The van der Waals surface area contributed by atoms with Gasteiger partial charge in [0.05, 0.1) is 0 Å². The van der Waals surface area contributed by atoms with Gasteiger partial charge < -0.3 is 0 Å². The van der Waals surface area contributed by atoms with E-state index in [0.29, 0.717) is 5.92 Å². The summed E-state index contributed by atoms with van der Waals surface area (Å²) < 4.78 is 0. The van der Waals surface area contributed by atoms with Crippen LogP contribution in [-0.2, 0) is 0 Å². The van der Waals surface area contributed by atoms with Crippen molar-refractivity contribution in [3.63, 3.8) is 0 Å². The quantitative estimate of drug-likeness (QED) is 0.575. The lowest BCUT2D eigenvalue weighted by Crippen LogP contribution is -2.05. The van der Waals surface area contributed by atoms with Gasteiger partial charge in [-0.05, 0) is 30.8 Å². The Kier molecular flexibility index (Phi) is 2.86. The summed E-state index contributed by atoms with van der Waals surface area (Å²) in [4.78, 5) is 4.41. The van der Waals surface area contributed by atoms with Crippen molar-refractivity contribution in [2.75, 3.05) is 0 Å². The van der Waals surface area contributed by atoms with Crippen molar-refractivity contribution >= 4 is 5.71 Å². The third kappa shape index (κ3) is 2.18. The second-order valence-corrected chi connectivity index (χ2v) is 3.41. The Bertz CT molecular complexity index is 187. The maximum Gasteiger partial charge on any atom is 0.0261 e. The summed E-state index contributed by atoms with van der Waals surface area (Å²) in [6.07, 6.45) is 5.58. The third-order valence-electron chi connectivity index (χ3n) is 2.26. The summed E-state index contributed by atoms with van der Waals surface area (Å²) in [5.41, 5.74) is 2.86. The van der Waals surface area contributed by atoms with Gasteiger partial charge in [0.25, 0.3) is 0 Å². The Morgan fingerprint density at radius 2 is 2.18 bits per heavy atom. The predicted molar refractivity (Wildman–Crippen MR) is 49.9 cm³/mol. The standard InChI is InChI=1S/C10H17N/c1-4-10-6-5-9(7-11-10)8(2)3/h7-8H,4-6H2,1-3H3. The van der Waals surface area contributed by atoms with Crippen LogP contribution in [-0.4, -0.2) is 5.71 Å². The largest absolute Gasteiger partial charge is 0.266 e. The van der Waals surface area contributed by atoms with Crippen molar-refractivity contribution in [2.45, 2.75) is 40.0 Å². The molecule has 0 saturated heterocycles. The van der Waals surface area contributed by atoms with Crippen molar-refractivity contribution in [2.24, 2.45) is 10.9 Å². The summed E-state index contributed by atoms with van der Waals surface area (Å²) in [5.74, 6) is 0.678. The SMILES string of the molecule is CCC1=NC=C(C(C)C)CC1. The van der Waals surface area contributed by atoms with Gasteiger partial charge in [-0.2, -0.15) is 0 Å². The Hall–Kier alpha value is -0.590. The molecular weight excluding hydrogens is 134 g/mol. The van der Waals surface area contributed by atoms with E-state index in [1.54, 1.807) is 0 Å². The number of hydrogen-bond donors (Lipinski definition) is 0. The van der Waals surface area contributed by atoms with E-state index in [-0.39, 0.29) is 0 Å². The fourth-order valence-electron chi connectivity index (χ4n) is 1.30. The Balaban J connectivity index is 2.61. The van der Waals surface area contributed by atoms with Crippen LogP contribution >= 0.6 is 0 Å². The van der Waals surface area contributed by atoms with Gasteiger partial charge in [0.1, 0.15) is 0 Å². The molecule has 1 nitrogen and oxygen atoms in total. The van der Waals surface area contributed by atoms with E-state index in [1.807, 2.05) is 0 Å². The molecule has 0 aliphatic carbocycles. The molecule has 0 atom stereocenters. The molecule has 0 saturated carbocycles. The van der Waals surface area contributed by atoms with Crippen LogP contribution in [0.25, 0.3) is 0 Å². The zero-order chi connectivity index (χ0) is 8.27. The zero-order valence-electron chi connectivity index (χ0n) is 7.72. The third-order valence-corrected chi connectivity index (χ3v) is 2.26. The van der Waals surface area contributed by atoms with Gasteiger partial charge in [-0.15, -0.1) is 0 Å². The van der Waals surface area contributed by atoms with Crippen molar-refractivity contribution < 1.29 is 0 Å². The maximum atomic E-state index is 4.41. The average molecular weight is 151 g/mol. The first-order chi connectivity index (χ1) is 5.24. The lowest BCUT2D eigenvalue weighted by atomic mass is 9.96. The molecule has 0 fully saturated rings. The topological polar surface area (TPSA) is 12.4 Å². The zero-order valence-corrected chi connectivity index (χ0v) is 7.72. The lowest BCUT2D eigenvalue weighted by Gasteiger charge is -2.14. The van der Waals surface area contributed by atoms with Crippen molar-refractivity contribution in [3.8, 4) is 0 Å². The van der Waals surface area contributed by atoms with Crippen LogP contribution in [0, 0.1) is 5.92 Å². The maximum absolute atomic E-state index is 4.41. The second-order valence-electron chi connectivity index (χ2n) is 3.41. The Morgan fingerprint density at radius 1 is 1.45 bits per heavy atom. The van der Waals surface area contributed by atoms with Gasteiger partial charge in [0.15, 0.2) is 0 Å². The van der Waals surface area contributed by atoms with E-state index in [4.69, 9.17) is 0 Å². The molecule has 0 radical (unpaired) electrons. The molecule has 1 heterocycles. The molecule has 0 spiro atoms. The van der Waals surface area contributed by atoms with E-state index < -0.39 is 0 Å². The molecule has 0 bridgehead atoms. The van der Waals surface area contributed by atoms with E-state index in [0.717, 1.165) is 6.42 Å². The van der Waals surface area contributed by atoms with Gasteiger partial charge in [-0.25, -0.2) is 0 Å². The molecule has 0 aromatic carbocycles. The van der Waals surface area contributed by atoms with Gasteiger partial charge in [0.2, 0.25) is 0 Å². The van der Waals surface area contributed by atoms with Crippen molar-refractivity contribution in [1.82, 2.24) is 0 Å². The fraction of sp³-hybridized carbons (Fsp3) is 0.700. The second kappa shape index (κ2) is 3.70. The average Bonchev–Trinajstić information content (AvgIpc) is 2.05. The lowest BCUT2D eigenvalue weighted by molar-refractivity contribution is 0.708. The van der Waals surface area contributed by atoms with Crippen molar-refractivity contribution in [3.05, 3.63) is 11.8 Å². The van der Waals surface area contributed by atoms with Crippen LogP contribution in [0.15, 0.2) is 16.8 Å². The smallest absolute Gasteiger partial charge is 0.0261 e. The minimum atomic E-state index is 0.678. The predicted octanol–water partition coefficient (Wildman–Crippen LogP) is 3.17. The minimum absolute atomic E-state index is 0.678. The number of hydrogen-bond acceptors (Lipinski definition) is 1. The summed E-state index contributed by atoms with van der Waals surface area (Å²) >= 11 is 0. The Labute approximate surface area is 69.2 Å². The molecular formula is C10H17N. The molecule has 0 amide bonds. The molecule has 0 aromatic heterocycles. The van der Waals surface area contributed by atoms with Crippen molar-refractivity contribution in [1.29, 1.82) is 0 Å². The van der Waals surface area contributed by atoms with E-state index in [1.165, 1.54) is 24.1 Å². The first-order valence-electron chi connectivity index (χ1n) is 4.48. The molecule has 0 aromatic rings. The molecule has 0 unspecified atom stereocenters. The molecule has 11 heavy (non-hydrogen) atoms. The highest BCUT2D eigenvalue weighted by atomic mass is 14.7. The highest BCUT2D eigenvalue weighted by Gasteiger charge is 2.08. The summed E-state index contributed by atoms with van der Waals surface area (Å²) in [5, 5.41) is 0. The fourth-order valence-corrected chi connectivity index (χ4v) is 1.30. The van der Waals surface area contributed by atoms with Gasteiger partial charge in [-0.3, -0.25) is 4.99 Å². The molecule has 0 N–H and O–H groups in total. The van der Waals surface area contributed by atoms with Crippen LogP contribution in [0.1, 0.15) is 40.0 Å². The molecule has 1 aliphatic heterocycles. The first kappa shape index (κ1) is 8.51. The normalized spacial score (nSPS) is 18.2. The van der Waals surface area contributed by atoms with E-state index in [9.17, 15) is 0 Å². The summed E-state index contributed by atoms with van der Waals surface area (Å²) in [7, 11) is 0. The van der Waals surface area contributed by atoms with E-state index >= 15 is 0 Å². The van der Waals surface area contributed by atoms with Gasteiger partial charge in [0, 0.05) is 11.9 Å². The molecule has 62 valence electrons. The molecule has 1 rings (SSSR count). The van der Waals surface area contributed by atoms with Gasteiger partial charge in [-0.1, -0.05) is 20.8 Å². The van der Waals surface area contributed by atoms with E-state index in [2.05, 4.69) is 32.0 Å². The summed E-state index contributed by atoms with van der Waals surface area (Å²) in [6, 6.07) is 0. The van der Waals surface area contributed by atoms with Crippen LogP contribution in [0.5, 0.6) is 0 Å². The minimum Gasteiger partial charge on any atom is -0.266 e. The van der Waals surface area contributed by atoms with Crippen LogP contribution < -0.4 is 0 Å². The highest BCUT2D eigenvalue weighted by molar-refractivity contribution is 5.85. The Morgan fingerprint density at radius 3 is 2.55 bits per heavy atom. The summed E-state index contributed by atoms with van der Waals surface area (Å²) in [6.45, 7) is 6.64. The molecule has 1 aliphatic rings. The van der Waals surface area contributed by atoms with Gasteiger partial charge >= 0.3 is 0 Å². The monoisotopic (exact) mass is 151 g/mol. The first-order valence-corrected chi connectivity index (χ1v) is 4.48. The van der Waals surface area contributed by atoms with Crippen LogP contribution in [0.2, 0.25) is 0 Å². The van der Waals surface area contributed by atoms with Crippen LogP contribution in [0.3, 0.4) is 0 Å². The number of allylic oxidation sites excluding steroid dienone is 1.